The van der Waals surface area contributed by atoms with Crippen LogP contribution in [0.15, 0.2) is 66.3 Å². The van der Waals surface area contributed by atoms with Crippen LogP contribution < -0.4 is 10.2 Å². The monoisotopic (exact) mass is 314 g/mol. The summed E-state index contributed by atoms with van der Waals surface area (Å²) in [6, 6.07) is 14.0. The van der Waals surface area contributed by atoms with E-state index in [0.717, 1.165) is 5.56 Å². The molecule has 2 aromatic carbocycles. The Hall–Kier alpha value is -2.59. The molecule has 4 nitrogen and oxygen atoms in total. The molecule has 2 aromatic rings. The molecule has 0 aromatic heterocycles. The predicted molar refractivity (Wildman–Crippen MR) is 88.6 cm³/mol. The Balaban J connectivity index is 2.01. The highest BCUT2D eigenvalue weighted by atomic mass is 35.5. The van der Waals surface area contributed by atoms with Crippen LogP contribution in [-0.4, -0.2) is 18.7 Å². The molecule has 22 heavy (non-hydrogen) atoms. The van der Waals surface area contributed by atoms with Crippen LogP contribution in [0.2, 0.25) is 5.02 Å². The molecule has 0 bridgehead atoms. The van der Waals surface area contributed by atoms with Gasteiger partial charge >= 0.3 is 0 Å². The summed E-state index contributed by atoms with van der Waals surface area (Å²) in [5.41, 5.74) is 3.71. The number of hydrogen-bond donors (Lipinski definition) is 1. The third kappa shape index (κ3) is 4.46. The summed E-state index contributed by atoms with van der Waals surface area (Å²) in [4.78, 5) is 11.9. The number of halogens is 1. The number of amides is 1. The maximum atomic E-state index is 11.9. The normalized spacial score (nSPS) is 10.4. The Morgan fingerprint density at radius 3 is 2.68 bits per heavy atom. The van der Waals surface area contributed by atoms with Gasteiger partial charge in [0.2, 0.25) is 0 Å². The smallest absolute Gasteiger partial charge is 0.271 e. The molecule has 0 aliphatic heterocycles. The van der Waals surface area contributed by atoms with Gasteiger partial charge in [0.05, 0.1) is 6.21 Å². The van der Waals surface area contributed by atoms with E-state index in [-0.39, 0.29) is 5.91 Å². The highest BCUT2D eigenvalue weighted by molar-refractivity contribution is 6.30. The van der Waals surface area contributed by atoms with Crippen LogP contribution in [0.4, 0.5) is 0 Å². The Morgan fingerprint density at radius 1 is 1.23 bits per heavy atom. The number of nitrogens with zero attached hydrogens (tertiary/aromatic N) is 1. The third-order valence-electron chi connectivity index (χ3n) is 2.75. The SMILES string of the molecule is C=CCOc1ccccc1/C=N/NC(=O)c1ccc(Cl)cc1. The first-order valence-corrected chi connectivity index (χ1v) is 7.00. The van der Waals surface area contributed by atoms with Crippen LogP contribution >= 0.6 is 11.6 Å². The quantitative estimate of drug-likeness (QED) is 0.502. The van der Waals surface area contributed by atoms with E-state index >= 15 is 0 Å². The number of rotatable bonds is 6. The van der Waals surface area contributed by atoms with Gasteiger partial charge in [-0.05, 0) is 36.4 Å². The van der Waals surface area contributed by atoms with Crippen molar-refractivity contribution in [3.05, 3.63) is 77.3 Å². The molecule has 0 unspecified atom stereocenters. The Morgan fingerprint density at radius 2 is 1.95 bits per heavy atom. The fourth-order valence-corrected chi connectivity index (χ4v) is 1.82. The van der Waals surface area contributed by atoms with Crippen molar-refractivity contribution in [2.45, 2.75) is 0 Å². The summed E-state index contributed by atoms with van der Waals surface area (Å²) in [6.45, 7) is 4.01. The molecule has 112 valence electrons. The van der Waals surface area contributed by atoms with Gasteiger partial charge in [0.15, 0.2) is 0 Å². The van der Waals surface area contributed by atoms with Crippen molar-refractivity contribution in [1.29, 1.82) is 0 Å². The van der Waals surface area contributed by atoms with Gasteiger partial charge in [0, 0.05) is 16.1 Å². The van der Waals surface area contributed by atoms with E-state index in [0.29, 0.717) is 22.9 Å². The number of hydrazone groups is 1. The van der Waals surface area contributed by atoms with Gasteiger partial charge in [0.1, 0.15) is 12.4 Å². The highest BCUT2D eigenvalue weighted by Gasteiger charge is 2.04. The first-order valence-electron chi connectivity index (χ1n) is 6.62. The Labute approximate surface area is 134 Å². The molecular weight excluding hydrogens is 300 g/mol. The Kier molecular flexibility index (Phi) is 5.74. The van der Waals surface area contributed by atoms with Gasteiger partial charge in [-0.15, -0.1) is 0 Å². The number of hydrogen-bond acceptors (Lipinski definition) is 3. The molecule has 0 radical (unpaired) electrons. The summed E-state index contributed by atoms with van der Waals surface area (Å²) >= 11 is 5.78. The van der Waals surface area contributed by atoms with Crippen molar-refractivity contribution in [3.63, 3.8) is 0 Å². The molecule has 2 rings (SSSR count). The standard InChI is InChI=1S/C17H15ClN2O2/c1-2-11-22-16-6-4-3-5-14(16)12-19-20-17(21)13-7-9-15(18)10-8-13/h2-10,12H,1,11H2,(H,20,21)/b19-12+. The summed E-state index contributed by atoms with van der Waals surface area (Å²) in [6.07, 6.45) is 3.20. The largest absolute Gasteiger partial charge is 0.489 e. The van der Waals surface area contributed by atoms with E-state index < -0.39 is 0 Å². The number of benzene rings is 2. The van der Waals surface area contributed by atoms with Crippen LogP contribution in [0.25, 0.3) is 0 Å². The maximum absolute atomic E-state index is 11.9. The molecule has 0 atom stereocenters. The summed E-state index contributed by atoms with van der Waals surface area (Å²) in [7, 11) is 0. The van der Waals surface area contributed by atoms with E-state index in [1.165, 1.54) is 6.21 Å². The lowest BCUT2D eigenvalue weighted by Gasteiger charge is -2.06. The van der Waals surface area contributed by atoms with Crippen molar-refractivity contribution < 1.29 is 9.53 Å². The van der Waals surface area contributed by atoms with Crippen LogP contribution in [0.1, 0.15) is 15.9 Å². The van der Waals surface area contributed by atoms with Crippen LogP contribution in [0.5, 0.6) is 5.75 Å². The minimum atomic E-state index is -0.308. The highest BCUT2D eigenvalue weighted by Crippen LogP contribution is 2.15. The number of carbonyl (C=O) groups is 1. The summed E-state index contributed by atoms with van der Waals surface area (Å²) < 4.78 is 5.50. The second-order valence-corrected chi connectivity index (χ2v) is 4.78. The average Bonchev–Trinajstić information content (AvgIpc) is 2.54. The molecule has 0 heterocycles. The van der Waals surface area contributed by atoms with Gasteiger partial charge in [0.25, 0.3) is 5.91 Å². The van der Waals surface area contributed by atoms with Crippen LogP contribution in [0, 0.1) is 0 Å². The maximum Gasteiger partial charge on any atom is 0.271 e. The van der Waals surface area contributed by atoms with E-state index in [4.69, 9.17) is 16.3 Å². The third-order valence-corrected chi connectivity index (χ3v) is 3.00. The number of nitrogens with one attached hydrogen (secondary N) is 1. The fraction of sp³-hybridized carbons (Fsp3) is 0.0588. The van der Waals surface area contributed by atoms with E-state index in [9.17, 15) is 4.79 Å². The fourth-order valence-electron chi connectivity index (χ4n) is 1.69. The van der Waals surface area contributed by atoms with Crippen molar-refractivity contribution >= 4 is 23.7 Å². The minimum absolute atomic E-state index is 0.308. The molecule has 0 fully saturated rings. The molecule has 0 saturated carbocycles. The summed E-state index contributed by atoms with van der Waals surface area (Å²) in [5, 5.41) is 4.52. The molecule has 0 saturated heterocycles. The Bertz CT molecular complexity index is 681. The average molecular weight is 315 g/mol. The molecular formula is C17H15ClN2O2. The van der Waals surface area contributed by atoms with Crippen molar-refractivity contribution in [2.75, 3.05) is 6.61 Å². The molecule has 1 N–H and O–H groups in total. The van der Waals surface area contributed by atoms with E-state index in [1.54, 1.807) is 30.3 Å². The molecule has 0 spiro atoms. The first-order chi connectivity index (χ1) is 10.7. The van der Waals surface area contributed by atoms with Crippen molar-refractivity contribution in [3.8, 4) is 5.75 Å². The second-order valence-electron chi connectivity index (χ2n) is 4.34. The minimum Gasteiger partial charge on any atom is -0.489 e. The lowest BCUT2D eigenvalue weighted by Crippen LogP contribution is -2.17. The van der Waals surface area contributed by atoms with E-state index in [2.05, 4.69) is 17.1 Å². The topological polar surface area (TPSA) is 50.7 Å². The summed E-state index contributed by atoms with van der Waals surface area (Å²) in [5.74, 6) is 0.365. The van der Waals surface area contributed by atoms with Gasteiger partial charge in [-0.3, -0.25) is 4.79 Å². The zero-order chi connectivity index (χ0) is 15.8. The molecule has 5 heteroatoms. The predicted octanol–water partition coefficient (Wildman–Crippen LogP) is 3.67. The zero-order valence-electron chi connectivity index (χ0n) is 11.8. The lowest BCUT2D eigenvalue weighted by molar-refractivity contribution is 0.0955. The first kappa shape index (κ1) is 15.8. The second kappa shape index (κ2) is 8.00. The van der Waals surface area contributed by atoms with Gasteiger partial charge in [-0.25, -0.2) is 5.43 Å². The molecule has 0 aliphatic rings. The number of carbonyl (C=O) groups excluding carboxylic acids is 1. The molecule has 1 amide bonds. The number of para-hydroxylation sites is 1. The zero-order valence-corrected chi connectivity index (χ0v) is 12.6. The van der Waals surface area contributed by atoms with Gasteiger partial charge in [-0.2, -0.15) is 5.10 Å². The van der Waals surface area contributed by atoms with E-state index in [1.807, 2.05) is 24.3 Å². The van der Waals surface area contributed by atoms with Crippen LogP contribution in [-0.2, 0) is 0 Å². The van der Waals surface area contributed by atoms with Gasteiger partial charge in [-0.1, -0.05) is 36.4 Å². The van der Waals surface area contributed by atoms with Crippen molar-refractivity contribution in [2.24, 2.45) is 5.10 Å². The number of ether oxygens (including phenoxy) is 1. The molecule has 0 aliphatic carbocycles. The van der Waals surface area contributed by atoms with Gasteiger partial charge < -0.3 is 4.74 Å². The lowest BCUT2D eigenvalue weighted by atomic mass is 10.2. The van der Waals surface area contributed by atoms with Crippen LogP contribution in [0.3, 0.4) is 0 Å². The van der Waals surface area contributed by atoms with Crippen molar-refractivity contribution in [1.82, 2.24) is 5.43 Å².